The second kappa shape index (κ2) is 9.44. The first-order valence-electron chi connectivity index (χ1n) is 7.80. The summed E-state index contributed by atoms with van der Waals surface area (Å²) < 4.78 is 37.8. The average Bonchev–Trinajstić information content (AvgIpc) is 2.97. The lowest BCUT2D eigenvalue weighted by Gasteiger charge is -2.17. The van der Waals surface area contributed by atoms with Crippen molar-refractivity contribution in [2.24, 2.45) is 4.99 Å². The SMILES string of the molecule is CCSOCCONC1=NC[C@@H](c2c(F)cc(OC(O)(O)O)cc2F)C1. The number of benzene rings is 1. The quantitative estimate of drug-likeness (QED) is 0.213. The first-order valence-corrected chi connectivity index (χ1v) is 8.71. The fourth-order valence-electron chi connectivity index (χ4n) is 2.37. The highest BCUT2D eigenvalue weighted by Crippen LogP contribution is 2.32. The van der Waals surface area contributed by atoms with Crippen LogP contribution in [-0.2, 0) is 9.02 Å². The first-order chi connectivity index (χ1) is 12.3. The molecule has 0 aliphatic carbocycles. The van der Waals surface area contributed by atoms with E-state index in [2.05, 4.69) is 15.2 Å². The van der Waals surface area contributed by atoms with Gasteiger partial charge in [0.05, 0.1) is 13.2 Å². The first kappa shape index (κ1) is 20.8. The van der Waals surface area contributed by atoms with E-state index in [1.165, 1.54) is 12.0 Å². The van der Waals surface area contributed by atoms with Crippen LogP contribution in [0.1, 0.15) is 24.8 Å². The van der Waals surface area contributed by atoms with E-state index in [1.807, 2.05) is 6.92 Å². The van der Waals surface area contributed by atoms with E-state index >= 15 is 0 Å². The number of nitrogens with zero attached hydrogens (tertiary/aromatic N) is 1. The van der Waals surface area contributed by atoms with E-state index in [1.54, 1.807) is 0 Å². The van der Waals surface area contributed by atoms with Gasteiger partial charge in [0, 0.05) is 42.3 Å². The molecule has 0 amide bonds. The normalized spacial score (nSPS) is 17.3. The topological polar surface area (TPSA) is 113 Å². The van der Waals surface area contributed by atoms with Gasteiger partial charge in [-0.1, -0.05) is 6.92 Å². The van der Waals surface area contributed by atoms with Crippen molar-refractivity contribution < 1.29 is 37.9 Å². The number of amidine groups is 1. The van der Waals surface area contributed by atoms with E-state index in [9.17, 15) is 8.78 Å². The van der Waals surface area contributed by atoms with E-state index < -0.39 is 29.5 Å². The van der Waals surface area contributed by atoms with Gasteiger partial charge in [-0.2, -0.15) is 0 Å². The summed E-state index contributed by atoms with van der Waals surface area (Å²) in [5.41, 5.74) is 2.42. The van der Waals surface area contributed by atoms with Crippen LogP contribution in [0.5, 0.6) is 5.75 Å². The third kappa shape index (κ3) is 6.34. The van der Waals surface area contributed by atoms with Crippen molar-refractivity contribution in [3.05, 3.63) is 29.3 Å². The van der Waals surface area contributed by atoms with Crippen molar-refractivity contribution in [2.45, 2.75) is 25.4 Å². The number of halogens is 2. The van der Waals surface area contributed by atoms with E-state index in [4.69, 9.17) is 24.3 Å². The molecule has 1 aliphatic heterocycles. The molecule has 1 atom stereocenters. The van der Waals surface area contributed by atoms with Gasteiger partial charge in [-0.25, -0.2) is 8.78 Å². The molecule has 26 heavy (non-hydrogen) atoms. The third-order valence-electron chi connectivity index (χ3n) is 3.32. The van der Waals surface area contributed by atoms with Crippen LogP contribution in [0.15, 0.2) is 17.1 Å². The molecule has 0 aromatic heterocycles. The number of rotatable bonds is 9. The summed E-state index contributed by atoms with van der Waals surface area (Å²) in [6, 6.07) is 1.50. The maximum absolute atomic E-state index is 14.2. The Balaban J connectivity index is 1.89. The van der Waals surface area contributed by atoms with Gasteiger partial charge in [-0.05, 0) is 12.0 Å². The van der Waals surface area contributed by atoms with Gasteiger partial charge in [-0.15, -0.1) is 0 Å². The lowest BCUT2D eigenvalue weighted by atomic mass is 9.96. The second-order valence-electron chi connectivity index (χ2n) is 5.34. The Morgan fingerprint density at radius 3 is 2.58 bits per heavy atom. The van der Waals surface area contributed by atoms with Gasteiger partial charge in [0.2, 0.25) is 0 Å². The van der Waals surface area contributed by atoms with Gasteiger partial charge in [0.15, 0.2) is 0 Å². The third-order valence-corrected chi connectivity index (χ3v) is 3.89. The summed E-state index contributed by atoms with van der Waals surface area (Å²) in [7, 11) is 0. The number of nitrogens with one attached hydrogen (secondary N) is 1. The van der Waals surface area contributed by atoms with Crippen LogP contribution in [0.2, 0.25) is 0 Å². The average molecular weight is 394 g/mol. The maximum atomic E-state index is 14.2. The van der Waals surface area contributed by atoms with E-state index in [-0.39, 0.29) is 25.1 Å². The number of hydrogen-bond acceptors (Lipinski definition) is 9. The predicted molar refractivity (Wildman–Crippen MR) is 89.2 cm³/mol. The van der Waals surface area contributed by atoms with Crippen LogP contribution in [-0.4, -0.2) is 52.8 Å². The van der Waals surface area contributed by atoms with Crippen LogP contribution in [0.3, 0.4) is 0 Å². The maximum Gasteiger partial charge on any atom is 0.453 e. The van der Waals surface area contributed by atoms with Gasteiger partial charge in [0.25, 0.3) is 0 Å². The minimum Gasteiger partial charge on any atom is -0.417 e. The van der Waals surface area contributed by atoms with Crippen molar-refractivity contribution in [1.29, 1.82) is 0 Å². The molecule has 0 saturated carbocycles. The zero-order valence-corrected chi connectivity index (χ0v) is 14.8. The highest BCUT2D eigenvalue weighted by atomic mass is 32.2. The summed E-state index contributed by atoms with van der Waals surface area (Å²) in [6.45, 7) is 2.79. The van der Waals surface area contributed by atoms with Crippen molar-refractivity contribution >= 4 is 17.9 Å². The molecule has 1 aromatic carbocycles. The molecule has 2 rings (SSSR count). The summed E-state index contributed by atoms with van der Waals surface area (Å²) in [5, 5.41) is 26.1. The zero-order valence-electron chi connectivity index (χ0n) is 13.9. The van der Waals surface area contributed by atoms with Crippen molar-refractivity contribution in [2.75, 3.05) is 25.5 Å². The van der Waals surface area contributed by atoms with E-state index in [0.29, 0.717) is 12.4 Å². The Morgan fingerprint density at radius 1 is 1.27 bits per heavy atom. The molecule has 1 aromatic rings. The Hall–Kier alpha value is -1.50. The molecule has 11 heteroatoms. The summed E-state index contributed by atoms with van der Waals surface area (Å²) >= 11 is 1.32. The fourth-order valence-corrected chi connectivity index (χ4v) is 2.72. The Labute approximate surface area is 152 Å². The summed E-state index contributed by atoms with van der Waals surface area (Å²) in [4.78, 5) is 9.31. The largest absolute Gasteiger partial charge is 0.453 e. The van der Waals surface area contributed by atoms with Gasteiger partial charge in [0.1, 0.15) is 23.2 Å². The standard InChI is InChI=1S/C15H20F2N2O6S/c1-2-26-24-4-3-23-19-13-5-9(8-18-13)14-11(16)6-10(7-12(14)17)25-15(20,21)22/h6-7,9,20-22H,2-5,8H2,1H3,(H,18,19)/t9-/m0/s1. The highest BCUT2D eigenvalue weighted by Gasteiger charge is 2.28. The number of aliphatic imine (C=N–C) groups is 1. The highest BCUT2D eigenvalue weighted by molar-refractivity contribution is 7.94. The monoisotopic (exact) mass is 394 g/mol. The second-order valence-corrected chi connectivity index (χ2v) is 6.39. The molecule has 0 spiro atoms. The van der Waals surface area contributed by atoms with Crippen LogP contribution in [0, 0.1) is 11.6 Å². The number of hydrogen-bond donors (Lipinski definition) is 4. The zero-order chi connectivity index (χ0) is 19.2. The number of aliphatic hydroxyl groups is 3. The molecule has 0 bridgehead atoms. The molecule has 0 radical (unpaired) electrons. The molecular weight excluding hydrogens is 374 g/mol. The molecular formula is C15H20F2N2O6S. The molecule has 1 heterocycles. The van der Waals surface area contributed by atoms with Gasteiger partial charge >= 0.3 is 6.16 Å². The van der Waals surface area contributed by atoms with Crippen LogP contribution < -0.4 is 10.2 Å². The molecule has 1 aliphatic rings. The van der Waals surface area contributed by atoms with Crippen LogP contribution in [0.25, 0.3) is 0 Å². The molecule has 146 valence electrons. The lowest BCUT2D eigenvalue weighted by molar-refractivity contribution is -0.419. The van der Waals surface area contributed by atoms with Crippen LogP contribution >= 0.6 is 12.0 Å². The van der Waals surface area contributed by atoms with Gasteiger partial charge < -0.3 is 24.2 Å². The van der Waals surface area contributed by atoms with E-state index in [0.717, 1.165) is 17.9 Å². The minimum absolute atomic E-state index is 0.159. The van der Waals surface area contributed by atoms with Crippen molar-refractivity contribution in [3.8, 4) is 5.75 Å². The molecule has 0 fully saturated rings. The molecule has 0 saturated heterocycles. The lowest BCUT2D eigenvalue weighted by Crippen LogP contribution is -2.34. The summed E-state index contributed by atoms with van der Waals surface area (Å²) in [5.74, 6) is -1.73. The minimum atomic E-state index is -3.52. The smallest absolute Gasteiger partial charge is 0.417 e. The number of hydroxylamine groups is 1. The fraction of sp³-hybridized carbons (Fsp3) is 0.533. The molecule has 8 nitrogen and oxygen atoms in total. The van der Waals surface area contributed by atoms with Crippen molar-refractivity contribution in [3.63, 3.8) is 0 Å². The van der Waals surface area contributed by atoms with Crippen molar-refractivity contribution in [1.82, 2.24) is 5.48 Å². The Kier molecular flexibility index (Phi) is 7.55. The molecule has 4 N–H and O–H groups in total. The summed E-state index contributed by atoms with van der Waals surface area (Å²) in [6.07, 6.45) is -3.28. The Bertz CT molecular complexity index is 618. The van der Waals surface area contributed by atoms with Gasteiger partial charge in [-0.3, -0.25) is 15.3 Å². The predicted octanol–water partition coefficient (Wildman–Crippen LogP) is 1.02. The van der Waals surface area contributed by atoms with Crippen LogP contribution in [0.4, 0.5) is 8.78 Å². The molecule has 0 unspecified atom stereocenters. The Morgan fingerprint density at radius 2 is 1.96 bits per heavy atom. The number of ether oxygens (including phenoxy) is 1.